The van der Waals surface area contributed by atoms with E-state index >= 15 is 0 Å². The van der Waals surface area contributed by atoms with Gasteiger partial charge in [-0.15, -0.1) is 0 Å². The van der Waals surface area contributed by atoms with Crippen molar-refractivity contribution in [3.8, 4) is 6.07 Å². The number of amides is 1. The van der Waals surface area contributed by atoms with Crippen LogP contribution < -0.4 is 4.72 Å². The molecule has 104 valence electrons. The fraction of sp³-hybridized carbons (Fsp3) is 0.500. The minimum atomic E-state index is -3.72. The summed E-state index contributed by atoms with van der Waals surface area (Å²) >= 11 is 0. The number of hydrogen-bond donors (Lipinski definition) is 1. The first kappa shape index (κ1) is 15.2. The number of rotatable bonds is 6. The van der Waals surface area contributed by atoms with Gasteiger partial charge >= 0.3 is 0 Å². The van der Waals surface area contributed by atoms with Crippen molar-refractivity contribution >= 4 is 15.9 Å². The Hall–Kier alpha value is -1.81. The van der Waals surface area contributed by atoms with E-state index in [0.717, 1.165) is 5.56 Å². The van der Waals surface area contributed by atoms with Crippen LogP contribution in [0.4, 0.5) is 0 Å². The third-order valence-corrected chi connectivity index (χ3v) is 3.84. The van der Waals surface area contributed by atoms with Crippen molar-refractivity contribution in [1.29, 1.82) is 5.26 Å². The van der Waals surface area contributed by atoms with E-state index in [1.54, 1.807) is 6.92 Å². The molecule has 1 amide bonds. The van der Waals surface area contributed by atoms with Gasteiger partial charge in [-0.05, 0) is 25.0 Å². The fourth-order valence-electron chi connectivity index (χ4n) is 1.57. The van der Waals surface area contributed by atoms with E-state index in [4.69, 9.17) is 9.68 Å². The van der Waals surface area contributed by atoms with E-state index in [9.17, 15) is 13.2 Å². The highest BCUT2D eigenvalue weighted by Crippen LogP contribution is 2.15. The first-order chi connectivity index (χ1) is 8.89. The Balaban J connectivity index is 2.71. The average molecular weight is 284 g/mol. The summed E-state index contributed by atoms with van der Waals surface area (Å²) in [5.41, 5.74) is 0.814. The third kappa shape index (κ3) is 4.41. The van der Waals surface area contributed by atoms with E-state index in [-0.39, 0.29) is 24.4 Å². The van der Waals surface area contributed by atoms with Gasteiger partial charge in [0.15, 0.2) is 5.76 Å². The van der Waals surface area contributed by atoms with E-state index in [0.29, 0.717) is 12.2 Å². The van der Waals surface area contributed by atoms with Gasteiger partial charge in [-0.3, -0.25) is 4.79 Å². The topological polar surface area (TPSA) is 100 Å². The lowest BCUT2D eigenvalue weighted by molar-refractivity contribution is 0.0953. The summed E-state index contributed by atoms with van der Waals surface area (Å²) in [5.74, 6) is -0.392. The Kier molecular flexibility index (Phi) is 5.12. The molecule has 19 heavy (non-hydrogen) atoms. The number of furan rings is 1. The second kappa shape index (κ2) is 6.38. The quantitative estimate of drug-likeness (QED) is 0.798. The van der Waals surface area contributed by atoms with Gasteiger partial charge in [-0.1, -0.05) is 6.92 Å². The lowest BCUT2D eigenvalue weighted by Gasteiger charge is -2.03. The van der Waals surface area contributed by atoms with Crippen LogP contribution in [-0.4, -0.2) is 20.1 Å². The number of carbonyl (C=O) groups excluding carboxylic acids is 1. The number of carbonyl (C=O) groups is 1. The van der Waals surface area contributed by atoms with E-state index < -0.39 is 15.9 Å². The van der Waals surface area contributed by atoms with Crippen molar-refractivity contribution in [2.24, 2.45) is 0 Å². The lowest BCUT2D eigenvalue weighted by atomic mass is 10.2. The molecule has 7 heteroatoms. The molecule has 1 aromatic rings. The molecule has 0 spiro atoms. The highest BCUT2D eigenvalue weighted by molar-refractivity contribution is 7.90. The summed E-state index contributed by atoms with van der Waals surface area (Å²) in [6.07, 6.45) is 0.958. The standard InChI is InChI=1S/C12H16N2O4S/c1-3-10-9(2)8-11(18-10)12(15)14-19(16,17)7-5-4-6-13/h8H,3-5,7H2,1-2H3,(H,14,15). The fourth-order valence-corrected chi connectivity index (χ4v) is 2.58. The smallest absolute Gasteiger partial charge is 0.300 e. The van der Waals surface area contributed by atoms with E-state index in [1.165, 1.54) is 6.07 Å². The monoisotopic (exact) mass is 284 g/mol. The van der Waals surface area contributed by atoms with Crippen LogP contribution in [0.5, 0.6) is 0 Å². The minimum absolute atomic E-state index is 0.0155. The Morgan fingerprint density at radius 2 is 2.21 bits per heavy atom. The first-order valence-electron chi connectivity index (χ1n) is 5.90. The summed E-state index contributed by atoms with van der Waals surface area (Å²) in [5, 5.41) is 8.34. The van der Waals surface area contributed by atoms with Crippen LogP contribution in [-0.2, 0) is 16.4 Å². The van der Waals surface area contributed by atoms with Crippen molar-refractivity contribution in [3.63, 3.8) is 0 Å². The summed E-state index contributed by atoms with van der Waals surface area (Å²) in [6.45, 7) is 3.67. The van der Waals surface area contributed by atoms with E-state index in [2.05, 4.69) is 0 Å². The number of nitriles is 1. The van der Waals surface area contributed by atoms with Crippen molar-refractivity contribution in [2.45, 2.75) is 33.1 Å². The van der Waals surface area contributed by atoms with Gasteiger partial charge in [0.05, 0.1) is 11.8 Å². The molecule has 1 N–H and O–H groups in total. The molecule has 6 nitrogen and oxygen atoms in total. The molecule has 1 rings (SSSR count). The molecule has 1 heterocycles. The van der Waals surface area contributed by atoms with Gasteiger partial charge in [0.25, 0.3) is 5.91 Å². The Morgan fingerprint density at radius 3 is 2.74 bits per heavy atom. The Morgan fingerprint density at radius 1 is 1.53 bits per heavy atom. The highest BCUT2D eigenvalue weighted by atomic mass is 32.2. The molecule has 0 atom stereocenters. The first-order valence-corrected chi connectivity index (χ1v) is 7.56. The predicted molar refractivity (Wildman–Crippen MR) is 68.9 cm³/mol. The van der Waals surface area contributed by atoms with Crippen LogP contribution in [0.2, 0.25) is 0 Å². The summed E-state index contributed by atoms with van der Waals surface area (Å²) in [7, 11) is -3.72. The molecule has 0 aromatic carbocycles. The molecule has 0 aliphatic carbocycles. The lowest BCUT2D eigenvalue weighted by Crippen LogP contribution is -2.32. The Bertz CT molecular complexity index is 596. The van der Waals surface area contributed by atoms with Gasteiger partial charge in [-0.25, -0.2) is 13.1 Å². The summed E-state index contributed by atoms with van der Waals surface area (Å²) in [4.78, 5) is 11.7. The molecule has 0 unspecified atom stereocenters. The molecule has 0 fully saturated rings. The molecule has 0 bridgehead atoms. The zero-order chi connectivity index (χ0) is 14.5. The molecule has 0 aliphatic heterocycles. The largest absolute Gasteiger partial charge is 0.456 e. The Labute approximate surface area is 112 Å². The number of hydrogen-bond acceptors (Lipinski definition) is 5. The minimum Gasteiger partial charge on any atom is -0.456 e. The molecule has 0 aliphatic rings. The summed E-state index contributed by atoms with van der Waals surface area (Å²) in [6, 6.07) is 3.36. The number of nitrogens with one attached hydrogen (secondary N) is 1. The number of unbranched alkanes of at least 4 members (excludes halogenated alkanes) is 1. The maximum Gasteiger partial charge on any atom is 0.300 e. The number of sulfonamides is 1. The highest BCUT2D eigenvalue weighted by Gasteiger charge is 2.19. The van der Waals surface area contributed by atoms with Crippen molar-refractivity contribution in [1.82, 2.24) is 4.72 Å². The summed E-state index contributed by atoms with van der Waals surface area (Å²) < 4.78 is 30.3. The molecular formula is C12H16N2O4S. The molecule has 1 aromatic heterocycles. The SMILES string of the molecule is CCc1oc(C(=O)NS(=O)(=O)CCCC#N)cc1C. The van der Waals surface area contributed by atoms with Crippen LogP contribution in [0, 0.1) is 18.3 Å². The van der Waals surface area contributed by atoms with Gasteiger partial charge in [0.1, 0.15) is 5.76 Å². The van der Waals surface area contributed by atoms with Gasteiger partial charge in [0.2, 0.25) is 10.0 Å². The average Bonchev–Trinajstić information content (AvgIpc) is 2.70. The zero-order valence-corrected chi connectivity index (χ0v) is 11.7. The molecular weight excluding hydrogens is 268 g/mol. The molecule has 0 radical (unpaired) electrons. The normalized spacial score (nSPS) is 11.0. The second-order valence-corrected chi connectivity index (χ2v) is 5.92. The van der Waals surface area contributed by atoms with Crippen molar-refractivity contribution < 1.29 is 17.6 Å². The number of aryl methyl sites for hydroxylation is 2. The maximum atomic E-state index is 11.7. The van der Waals surface area contributed by atoms with Gasteiger partial charge in [0, 0.05) is 12.8 Å². The van der Waals surface area contributed by atoms with Crippen LogP contribution in [0.1, 0.15) is 41.6 Å². The van der Waals surface area contributed by atoms with Crippen LogP contribution in [0.3, 0.4) is 0 Å². The van der Waals surface area contributed by atoms with Crippen LogP contribution in [0.15, 0.2) is 10.5 Å². The van der Waals surface area contributed by atoms with Crippen LogP contribution in [0.25, 0.3) is 0 Å². The zero-order valence-electron chi connectivity index (χ0n) is 10.9. The van der Waals surface area contributed by atoms with Crippen LogP contribution >= 0.6 is 0 Å². The van der Waals surface area contributed by atoms with Gasteiger partial charge < -0.3 is 4.42 Å². The predicted octanol–water partition coefficient (Wildman–Crippen LogP) is 1.51. The maximum absolute atomic E-state index is 11.7. The van der Waals surface area contributed by atoms with E-state index in [1.807, 2.05) is 17.7 Å². The van der Waals surface area contributed by atoms with Crippen molar-refractivity contribution in [3.05, 3.63) is 23.2 Å². The van der Waals surface area contributed by atoms with Crippen molar-refractivity contribution in [2.75, 3.05) is 5.75 Å². The van der Waals surface area contributed by atoms with Gasteiger partial charge in [-0.2, -0.15) is 5.26 Å². The number of nitrogens with zero attached hydrogens (tertiary/aromatic N) is 1. The molecule has 0 saturated carbocycles. The molecule has 0 saturated heterocycles. The third-order valence-electron chi connectivity index (χ3n) is 2.52. The second-order valence-electron chi connectivity index (χ2n) is 4.08.